The first kappa shape index (κ1) is 12.1. The predicted molar refractivity (Wildman–Crippen MR) is 65.1 cm³/mol. The van der Waals surface area contributed by atoms with E-state index in [1.54, 1.807) is 0 Å². The van der Waals surface area contributed by atoms with E-state index in [4.69, 9.17) is 0 Å². The van der Waals surface area contributed by atoms with Crippen LogP contribution >= 0.6 is 0 Å². The fraction of sp³-hybridized carbons (Fsp3) is 0.750. The zero-order valence-electron chi connectivity index (χ0n) is 10.2. The molecule has 1 unspecified atom stereocenters. The van der Waals surface area contributed by atoms with Gasteiger partial charge in [0, 0.05) is 25.0 Å². The summed E-state index contributed by atoms with van der Waals surface area (Å²) in [6.07, 6.45) is 9.01. The standard InChI is InChI=1S/C12H23N3/c1-4-6-7-8-11(3)14-12-13-9-10-15(12)5-2/h9-11H,4-8H2,1-3H3,(H,13,14). The largest absolute Gasteiger partial charge is 0.353 e. The lowest BCUT2D eigenvalue weighted by Gasteiger charge is -2.15. The number of hydrogen-bond acceptors (Lipinski definition) is 2. The van der Waals surface area contributed by atoms with E-state index in [1.807, 2.05) is 12.4 Å². The van der Waals surface area contributed by atoms with Gasteiger partial charge in [-0.3, -0.25) is 0 Å². The summed E-state index contributed by atoms with van der Waals surface area (Å²) in [6.45, 7) is 7.57. The number of unbranched alkanes of at least 4 members (excludes halogenated alkanes) is 2. The van der Waals surface area contributed by atoms with Gasteiger partial charge in [-0.05, 0) is 20.3 Å². The average molecular weight is 209 g/mol. The molecule has 3 heteroatoms. The van der Waals surface area contributed by atoms with E-state index in [2.05, 4.69) is 35.6 Å². The molecule has 0 bridgehead atoms. The quantitative estimate of drug-likeness (QED) is 0.698. The number of nitrogens with zero attached hydrogens (tertiary/aromatic N) is 2. The molecule has 1 aromatic heterocycles. The minimum atomic E-state index is 0.518. The molecule has 0 saturated carbocycles. The predicted octanol–water partition coefficient (Wildman–Crippen LogP) is 3.28. The van der Waals surface area contributed by atoms with Gasteiger partial charge in [0.05, 0.1) is 0 Å². The number of aromatic nitrogens is 2. The number of rotatable bonds is 7. The number of nitrogens with one attached hydrogen (secondary N) is 1. The lowest BCUT2D eigenvalue weighted by molar-refractivity contribution is 0.607. The summed E-state index contributed by atoms with van der Waals surface area (Å²) in [5.74, 6) is 1.00. The fourth-order valence-corrected chi connectivity index (χ4v) is 1.70. The Morgan fingerprint density at radius 2 is 2.20 bits per heavy atom. The summed E-state index contributed by atoms with van der Waals surface area (Å²) in [4.78, 5) is 4.31. The molecule has 0 aliphatic rings. The van der Waals surface area contributed by atoms with Crippen molar-refractivity contribution in [1.82, 2.24) is 9.55 Å². The molecule has 1 aromatic rings. The van der Waals surface area contributed by atoms with Crippen molar-refractivity contribution in [2.75, 3.05) is 5.32 Å². The number of hydrogen-bond donors (Lipinski definition) is 1. The van der Waals surface area contributed by atoms with Crippen molar-refractivity contribution < 1.29 is 0 Å². The maximum atomic E-state index is 4.31. The summed E-state index contributed by atoms with van der Waals surface area (Å²) in [7, 11) is 0. The molecule has 3 nitrogen and oxygen atoms in total. The van der Waals surface area contributed by atoms with Gasteiger partial charge in [-0.1, -0.05) is 26.2 Å². The van der Waals surface area contributed by atoms with Crippen LogP contribution in [0, 0.1) is 0 Å². The molecule has 0 amide bonds. The van der Waals surface area contributed by atoms with Crippen LogP contribution in [0.4, 0.5) is 5.95 Å². The van der Waals surface area contributed by atoms with Crippen molar-refractivity contribution in [3.8, 4) is 0 Å². The molecule has 1 N–H and O–H groups in total. The Morgan fingerprint density at radius 1 is 1.40 bits per heavy atom. The van der Waals surface area contributed by atoms with Gasteiger partial charge < -0.3 is 9.88 Å². The summed E-state index contributed by atoms with van der Waals surface area (Å²) < 4.78 is 2.14. The molecule has 1 atom stereocenters. The Hall–Kier alpha value is -0.990. The second-order valence-corrected chi connectivity index (χ2v) is 4.08. The maximum absolute atomic E-state index is 4.31. The Morgan fingerprint density at radius 3 is 2.87 bits per heavy atom. The smallest absolute Gasteiger partial charge is 0.202 e. The van der Waals surface area contributed by atoms with Gasteiger partial charge in [0.2, 0.25) is 5.95 Å². The average Bonchev–Trinajstić information content (AvgIpc) is 2.65. The Kier molecular flexibility index (Phi) is 5.22. The fourth-order valence-electron chi connectivity index (χ4n) is 1.70. The third-order valence-electron chi connectivity index (χ3n) is 2.67. The van der Waals surface area contributed by atoms with Crippen molar-refractivity contribution >= 4 is 5.95 Å². The van der Waals surface area contributed by atoms with Crippen LogP contribution in [0.15, 0.2) is 12.4 Å². The summed E-state index contributed by atoms with van der Waals surface area (Å²) in [6, 6.07) is 0.518. The highest BCUT2D eigenvalue weighted by molar-refractivity contribution is 5.26. The number of imidazole rings is 1. The molecule has 0 aliphatic heterocycles. The number of anilines is 1. The SMILES string of the molecule is CCCCCC(C)Nc1nccn1CC. The Bertz CT molecular complexity index is 268. The van der Waals surface area contributed by atoms with E-state index in [9.17, 15) is 0 Å². The summed E-state index contributed by atoms with van der Waals surface area (Å²) >= 11 is 0. The molecule has 1 rings (SSSR count). The zero-order valence-corrected chi connectivity index (χ0v) is 10.2. The van der Waals surface area contributed by atoms with Crippen molar-refractivity contribution in [2.45, 2.75) is 59.0 Å². The topological polar surface area (TPSA) is 29.9 Å². The summed E-state index contributed by atoms with van der Waals surface area (Å²) in [5, 5.41) is 3.45. The van der Waals surface area contributed by atoms with Crippen LogP contribution in [0.2, 0.25) is 0 Å². The van der Waals surface area contributed by atoms with Gasteiger partial charge in [0.15, 0.2) is 0 Å². The molecular formula is C12H23N3. The second-order valence-electron chi connectivity index (χ2n) is 4.08. The van der Waals surface area contributed by atoms with Crippen molar-refractivity contribution in [3.05, 3.63) is 12.4 Å². The third kappa shape index (κ3) is 3.94. The van der Waals surface area contributed by atoms with Crippen LogP contribution in [0.3, 0.4) is 0 Å². The molecular weight excluding hydrogens is 186 g/mol. The van der Waals surface area contributed by atoms with Crippen LogP contribution in [-0.4, -0.2) is 15.6 Å². The van der Waals surface area contributed by atoms with Crippen molar-refractivity contribution in [1.29, 1.82) is 0 Å². The molecule has 0 aromatic carbocycles. The molecule has 15 heavy (non-hydrogen) atoms. The molecule has 0 fully saturated rings. The van der Waals surface area contributed by atoms with Gasteiger partial charge in [-0.25, -0.2) is 4.98 Å². The van der Waals surface area contributed by atoms with Crippen LogP contribution in [0.25, 0.3) is 0 Å². The molecule has 86 valence electrons. The lowest BCUT2D eigenvalue weighted by Crippen LogP contribution is -2.18. The van der Waals surface area contributed by atoms with Crippen LogP contribution in [0.1, 0.15) is 46.5 Å². The molecule has 0 radical (unpaired) electrons. The minimum Gasteiger partial charge on any atom is -0.353 e. The van der Waals surface area contributed by atoms with Crippen molar-refractivity contribution in [3.63, 3.8) is 0 Å². The first-order valence-electron chi connectivity index (χ1n) is 6.05. The molecule has 1 heterocycles. The zero-order chi connectivity index (χ0) is 11.1. The van der Waals surface area contributed by atoms with Gasteiger partial charge >= 0.3 is 0 Å². The second kappa shape index (κ2) is 6.49. The molecule has 0 saturated heterocycles. The first-order chi connectivity index (χ1) is 7.27. The number of aryl methyl sites for hydroxylation is 1. The van der Waals surface area contributed by atoms with Crippen molar-refractivity contribution in [2.24, 2.45) is 0 Å². The van der Waals surface area contributed by atoms with E-state index in [0.29, 0.717) is 6.04 Å². The van der Waals surface area contributed by atoms with Gasteiger partial charge in [-0.15, -0.1) is 0 Å². The van der Waals surface area contributed by atoms with Gasteiger partial charge in [0.25, 0.3) is 0 Å². The lowest BCUT2D eigenvalue weighted by atomic mass is 10.1. The van der Waals surface area contributed by atoms with E-state index in [0.717, 1.165) is 12.5 Å². The highest BCUT2D eigenvalue weighted by Crippen LogP contribution is 2.10. The summed E-state index contributed by atoms with van der Waals surface area (Å²) in [5.41, 5.74) is 0. The highest BCUT2D eigenvalue weighted by Gasteiger charge is 2.05. The monoisotopic (exact) mass is 209 g/mol. The Balaban J connectivity index is 2.33. The van der Waals surface area contributed by atoms with Crippen LogP contribution < -0.4 is 5.32 Å². The van der Waals surface area contributed by atoms with E-state index in [-0.39, 0.29) is 0 Å². The molecule has 0 aliphatic carbocycles. The van der Waals surface area contributed by atoms with Crippen LogP contribution in [0.5, 0.6) is 0 Å². The molecule has 0 spiro atoms. The first-order valence-corrected chi connectivity index (χ1v) is 6.05. The van der Waals surface area contributed by atoms with E-state index >= 15 is 0 Å². The normalized spacial score (nSPS) is 12.7. The van der Waals surface area contributed by atoms with Crippen LogP contribution in [-0.2, 0) is 6.54 Å². The van der Waals surface area contributed by atoms with Gasteiger partial charge in [0.1, 0.15) is 0 Å². The van der Waals surface area contributed by atoms with E-state index in [1.165, 1.54) is 25.7 Å². The highest BCUT2D eigenvalue weighted by atomic mass is 15.2. The maximum Gasteiger partial charge on any atom is 0.202 e. The van der Waals surface area contributed by atoms with Gasteiger partial charge in [-0.2, -0.15) is 0 Å². The third-order valence-corrected chi connectivity index (χ3v) is 2.67. The minimum absolute atomic E-state index is 0.518. The Labute approximate surface area is 92.9 Å². The van der Waals surface area contributed by atoms with E-state index < -0.39 is 0 Å².